The lowest BCUT2D eigenvalue weighted by molar-refractivity contribution is -0.289. The monoisotopic (exact) mass is 369 g/mol. The molecule has 7 nitrogen and oxygen atoms in total. The van der Waals surface area contributed by atoms with Crippen molar-refractivity contribution in [2.45, 2.75) is 18.8 Å². The second-order valence-corrected chi connectivity index (χ2v) is 7.52. The van der Waals surface area contributed by atoms with Gasteiger partial charge in [0.2, 0.25) is 0 Å². The molecule has 0 spiro atoms. The zero-order chi connectivity index (χ0) is 16.0. The molecule has 22 heavy (non-hydrogen) atoms. The first-order chi connectivity index (χ1) is 10.6. The molecule has 1 aliphatic heterocycles. The maximum Gasteiger partial charge on any atom is 0.346 e. The third-order valence-electron chi connectivity index (χ3n) is 3.27. The summed E-state index contributed by atoms with van der Waals surface area (Å²) in [5.41, 5.74) is 0.801. The number of alkyl halides is 2. The standard InChI is InChI=1S/C12H18Cl2N3O4P/c13-3-7-17(8-4-14)22(19)16-12(20-18)9-11(21-22)10-1-5-15-6-2-10/h1-2,5-6,11-12,18H,3-4,7-9H2,(H,16,19)/t11-,12+,22+/m0/s1. The number of nitrogens with zero attached hydrogens (tertiary/aromatic N) is 2. The van der Waals surface area contributed by atoms with Gasteiger partial charge in [0.25, 0.3) is 0 Å². The summed E-state index contributed by atoms with van der Waals surface area (Å²) in [7, 11) is -3.44. The summed E-state index contributed by atoms with van der Waals surface area (Å²) in [6.45, 7) is 0.666. The van der Waals surface area contributed by atoms with E-state index in [4.69, 9.17) is 33.0 Å². The van der Waals surface area contributed by atoms with Crippen LogP contribution in [0.3, 0.4) is 0 Å². The maximum atomic E-state index is 13.1. The lowest BCUT2D eigenvalue weighted by Gasteiger charge is -2.39. The highest BCUT2D eigenvalue weighted by molar-refractivity contribution is 7.54. The minimum atomic E-state index is -3.44. The maximum absolute atomic E-state index is 13.1. The first-order valence-corrected chi connectivity index (χ1v) is 9.41. The van der Waals surface area contributed by atoms with Crippen LogP contribution in [0.4, 0.5) is 0 Å². The number of hydrogen-bond acceptors (Lipinski definition) is 5. The van der Waals surface area contributed by atoms with Crippen molar-refractivity contribution in [3.05, 3.63) is 30.1 Å². The van der Waals surface area contributed by atoms with E-state index >= 15 is 0 Å². The molecule has 1 aromatic heterocycles. The molecule has 2 rings (SSSR count). The van der Waals surface area contributed by atoms with Gasteiger partial charge in [0, 0.05) is 43.7 Å². The molecule has 1 aliphatic rings. The molecule has 1 aromatic rings. The molecular weight excluding hydrogens is 352 g/mol. The second-order valence-electron chi connectivity index (χ2n) is 4.69. The van der Waals surface area contributed by atoms with Crippen LogP contribution in [-0.2, 0) is 14.0 Å². The van der Waals surface area contributed by atoms with Crippen molar-refractivity contribution in [3.8, 4) is 0 Å². The fourth-order valence-corrected chi connectivity index (χ4v) is 5.03. The Hall–Kier alpha value is -0.240. The van der Waals surface area contributed by atoms with E-state index in [0.717, 1.165) is 5.56 Å². The normalized spacial score (nSPS) is 28.9. The average Bonchev–Trinajstić information content (AvgIpc) is 2.55. The molecule has 3 atom stereocenters. The van der Waals surface area contributed by atoms with Gasteiger partial charge in [-0.15, -0.1) is 23.2 Å². The number of rotatable bonds is 7. The van der Waals surface area contributed by atoms with Crippen LogP contribution in [-0.4, -0.2) is 46.0 Å². The predicted molar refractivity (Wildman–Crippen MR) is 83.9 cm³/mol. The first-order valence-electron chi connectivity index (χ1n) is 6.76. The lowest BCUT2D eigenvalue weighted by Crippen LogP contribution is -2.43. The highest BCUT2D eigenvalue weighted by Gasteiger charge is 2.42. The Bertz CT molecular complexity index is 504. The van der Waals surface area contributed by atoms with Gasteiger partial charge in [-0.1, -0.05) is 0 Å². The van der Waals surface area contributed by atoms with Gasteiger partial charge in [0.15, 0.2) is 6.23 Å². The van der Waals surface area contributed by atoms with Crippen LogP contribution < -0.4 is 5.09 Å². The minimum absolute atomic E-state index is 0.274. The Kier molecular flexibility index (Phi) is 7.05. The van der Waals surface area contributed by atoms with Crippen molar-refractivity contribution in [1.82, 2.24) is 14.7 Å². The highest BCUT2D eigenvalue weighted by atomic mass is 35.5. The van der Waals surface area contributed by atoms with E-state index in [-0.39, 0.29) is 11.8 Å². The molecule has 0 radical (unpaired) electrons. The van der Waals surface area contributed by atoms with Crippen molar-refractivity contribution in [1.29, 1.82) is 0 Å². The molecular formula is C12H18Cl2N3O4P. The topological polar surface area (TPSA) is 83.9 Å². The fraction of sp³-hybridized carbons (Fsp3) is 0.583. The van der Waals surface area contributed by atoms with Crippen LogP contribution in [0.2, 0.25) is 0 Å². The van der Waals surface area contributed by atoms with Crippen molar-refractivity contribution >= 4 is 30.9 Å². The second kappa shape index (κ2) is 8.57. The summed E-state index contributed by atoms with van der Waals surface area (Å²) >= 11 is 11.5. The van der Waals surface area contributed by atoms with Gasteiger partial charge in [-0.3, -0.25) is 19.3 Å². The molecule has 0 unspecified atom stereocenters. The molecule has 124 valence electrons. The average molecular weight is 370 g/mol. The van der Waals surface area contributed by atoms with Gasteiger partial charge < -0.3 is 0 Å². The van der Waals surface area contributed by atoms with E-state index < -0.39 is 20.0 Å². The molecule has 0 aliphatic carbocycles. The molecule has 1 fully saturated rings. The Morgan fingerprint density at radius 1 is 1.41 bits per heavy atom. The number of hydrogen-bond donors (Lipinski definition) is 2. The fourth-order valence-electron chi connectivity index (χ4n) is 2.24. The predicted octanol–water partition coefficient (Wildman–Crippen LogP) is 2.84. The summed E-state index contributed by atoms with van der Waals surface area (Å²) < 4.78 is 20.5. The van der Waals surface area contributed by atoms with E-state index in [0.29, 0.717) is 19.5 Å². The Morgan fingerprint density at radius 3 is 2.59 bits per heavy atom. The zero-order valence-corrected chi connectivity index (χ0v) is 14.2. The van der Waals surface area contributed by atoms with Crippen molar-refractivity contribution < 1.29 is 19.2 Å². The van der Waals surface area contributed by atoms with Gasteiger partial charge in [-0.05, 0) is 17.7 Å². The molecule has 0 bridgehead atoms. The summed E-state index contributed by atoms with van der Waals surface area (Å²) in [5, 5.41) is 11.7. The van der Waals surface area contributed by atoms with E-state index in [2.05, 4.69) is 15.0 Å². The van der Waals surface area contributed by atoms with E-state index in [1.165, 1.54) is 0 Å². The van der Waals surface area contributed by atoms with Crippen LogP contribution in [0.5, 0.6) is 0 Å². The van der Waals surface area contributed by atoms with Crippen molar-refractivity contribution in [3.63, 3.8) is 0 Å². The summed E-state index contributed by atoms with van der Waals surface area (Å²) in [6.07, 6.45) is 2.23. The molecule has 10 heteroatoms. The number of halogens is 2. The molecule has 0 amide bonds. The molecule has 0 saturated carbocycles. The number of aromatic nitrogens is 1. The van der Waals surface area contributed by atoms with E-state index in [1.54, 1.807) is 29.2 Å². The summed E-state index contributed by atoms with van der Waals surface area (Å²) in [5.74, 6) is 0.549. The molecule has 2 heterocycles. The van der Waals surface area contributed by atoms with Gasteiger partial charge in [-0.2, -0.15) is 0 Å². The first kappa shape index (κ1) is 18.1. The zero-order valence-electron chi connectivity index (χ0n) is 11.8. The van der Waals surface area contributed by atoms with Crippen molar-refractivity contribution in [2.24, 2.45) is 0 Å². The van der Waals surface area contributed by atoms with Crippen LogP contribution in [0.15, 0.2) is 24.5 Å². The van der Waals surface area contributed by atoms with Gasteiger partial charge in [0.1, 0.15) is 0 Å². The van der Waals surface area contributed by atoms with E-state index in [1.807, 2.05) is 0 Å². The SMILES string of the molecule is O=[P@]1(N(CCCl)CCCl)N[C@H](OO)C[C@@H](c2ccncc2)O1. The Morgan fingerprint density at radius 2 is 2.05 bits per heavy atom. The van der Waals surface area contributed by atoms with Gasteiger partial charge >= 0.3 is 7.67 Å². The summed E-state index contributed by atoms with van der Waals surface area (Å²) in [4.78, 5) is 8.32. The van der Waals surface area contributed by atoms with Gasteiger partial charge in [0.05, 0.1) is 6.10 Å². The van der Waals surface area contributed by atoms with Crippen LogP contribution in [0.1, 0.15) is 18.1 Å². The molecule has 2 N–H and O–H groups in total. The van der Waals surface area contributed by atoms with Gasteiger partial charge in [-0.25, -0.2) is 14.6 Å². The smallest absolute Gasteiger partial charge is 0.298 e. The quantitative estimate of drug-likeness (QED) is 0.331. The van der Waals surface area contributed by atoms with E-state index in [9.17, 15) is 4.57 Å². The minimum Gasteiger partial charge on any atom is -0.298 e. The third kappa shape index (κ3) is 4.40. The summed E-state index contributed by atoms with van der Waals surface area (Å²) in [6, 6.07) is 3.53. The number of nitrogens with one attached hydrogen (secondary N) is 1. The van der Waals surface area contributed by atoms with Crippen LogP contribution in [0.25, 0.3) is 0 Å². The Labute approximate surface area is 139 Å². The molecule has 0 aromatic carbocycles. The largest absolute Gasteiger partial charge is 0.346 e. The van der Waals surface area contributed by atoms with Crippen molar-refractivity contribution in [2.75, 3.05) is 24.8 Å². The highest BCUT2D eigenvalue weighted by Crippen LogP contribution is 2.55. The number of pyridine rings is 1. The third-order valence-corrected chi connectivity index (χ3v) is 5.91. The van der Waals surface area contributed by atoms with Crippen LogP contribution >= 0.6 is 30.9 Å². The lowest BCUT2D eigenvalue weighted by atomic mass is 10.1. The Balaban J connectivity index is 2.24. The molecule has 1 saturated heterocycles. The van der Waals surface area contributed by atoms with Crippen LogP contribution in [0, 0.1) is 0 Å².